The number of phenols is 1. The van der Waals surface area contributed by atoms with Crippen molar-refractivity contribution in [2.24, 2.45) is 0 Å². The number of benzene rings is 2. The Balaban J connectivity index is 1.76. The van der Waals surface area contributed by atoms with E-state index in [1.54, 1.807) is 6.07 Å². The Kier molecular flexibility index (Phi) is 5.27. The van der Waals surface area contributed by atoms with Gasteiger partial charge in [0, 0.05) is 23.7 Å². The molecule has 0 unspecified atom stereocenters. The summed E-state index contributed by atoms with van der Waals surface area (Å²) in [5, 5.41) is 10.4. The lowest BCUT2D eigenvalue weighted by atomic mass is 10.2. The van der Waals surface area contributed by atoms with Crippen LogP contribution in [0.15, 0.2) is 48.5 Å². The molecule has 0 spiro atoms. The van der Waals surface area contributed by atoms with Gasteiger partial charge in [0.2, 0.25) is 0 Å². The molecular weight excluding hydrogens is 274 g/mol. The highest BCUT2D eigenvalue weighted by molar-refractivity contribution is 6.30. The van der Waals surface area contributed by atoms with Gasteiger partial charge in [-0.05, 0) is 37.4 Å². The van der Waals surface area contributed by atoms with Crippen molar-refractivity contribution in [2.75, 3.05) is 20.2 Å². The van der Waals surface area contributed by atoms with Crippen LogP contribution in [0.2, 0.25) is 5.02 Å². The number of hydrogen-bond donors (Lipinski definition) is 1. The molecule has 0 aliphatic heterocycles. The Hall–Kier alpha value is -1.71. The van der Waals surface area contributed by atoms with E-state index in [1.165, 1.54) is 0 Å². The van der Waals surface area contributed by atoms with Crippen molar-refractivity contribution in [3.8, 4) is 11.5 Å². The summed E-state index contributed by atoms with van der Waals surface area (Å²) in [5.74, 6) is 1.14. The Labute approximate surface area is 124 Å². The first-order chi connectivity index (χ1) is 9.65. The van der Waals surface area contributed by atoms with Gasteiger partial charge in [-0.25, -0.2) is 0 Å². The Morgan fingerprint density at radius 2 is 1.80 bits per heavy atom. The van der Waals surface area contributed by atoms with Crippen LogP contribution < -0.4 is 4.74 Å². The molecule has 2 rings (SSSR count). The third-order valence-corrected chi connectivity index (χ3v) is 3.24. The average molecular weight is 292 g/mol. The largest absolute Gasteiger partial charge is 0.508 e. The number of rotatable bonds is 6. The lowest BCUT2D eigenvalue weighted by molar-refractivity contribution is 0.231. The van der Waals surface area contributed by atoms with Crippen LogP contribution in [0.5, 0.6) is 11.5 Å². The lowest BCUT2D eigenvalue weighted by Crippen LogP contribution is -2.23. The van der Waals surface area contributed by atoms with Crippen molar-refractivity contribution in [3.63, 3.8) is 0 Å². The van der Waals surface area contributed by atoms with E-state index in [-0.39, 0.29) is 0 Å². The fourth-order valence-electron chi connectivity index (χ4n) is 1.86. The number of phenolic OH excluding ortho intramolecular Hbond substituents is 1. The van der Waals surface area contributed by atoms with E-state index in [1.807, 2.05) is 49.5 Å². The van der Waals surface area contributed by atoms with Crippen molar-refractivity contribution in [1.82, 2.24) is 4.90 Å². The van der Waals surface area contributed by atoms with Crippen LogP contribution in [-0.2, 0) is 6.54 Å². The summed E-state index contributed by atoms with van der Waals surface area (Å²) in [6.45, 7) is 2.05. The molecular formula is C16H18ClNO2. The highest BCUT2D eigenvalue weighted by atomic mass is 35.5. The highest BCUT2D eigenvalue weighted by Crippen LogP contribution is 2.17. The predicted octanol–water partition coefficient (Wildman–Crippen LogP) is 3.56. The average Bonchev–Trinajstić information content (AvgIpc) is 2.44. The third kappa shape index (κ3) is 4.44. The molecule has 3 nitrogen and oxygen atoms in total. The van der Waals surface area contributed by atoms with E-state index < -0.39 is 0 Å². The van der Waals surface area contributed by atoms with Crippen LogP contribution in [-0.4, -0.2) is 30.2 Å². The maximum Gasteiger partial charge on any atom is 0.120 e. The van der Waals surface area contributed by atoms with Crippen LogP contribution in [0.1, 0.15) is 5.56 Å². The zero-order valence-corrected chi connectivity index (χ0v) is 12.2. The van der Waals surface area contributed by atoms with Gasteiger partial charge in [0.25, 0.3) is 0 Å². The molecule has 2 aromatic carbocycles. The first-order valence-corrected chi connectivity index (χ1v) is 6.87. The predicted molar refractivity (Wildman–Crippen MR) is 81.4 cm³/mol. The quantitative estimate of drug-likeness (QED) is 0.883. The minimum absolute atomic E-state index is 0.331. The van der Waals surface area contributed by atoms with Gasteiger partial charge in [-0.2, -0.15) is 0 Å². The summed E-state index contributed by atoms with van der Waals surface area (Å²) >= 11 is 5.81. The first-order valence-electron chi connectivity index (χ1n) is 6.49. The van der Waals surface area contributed by atoms with Crippen LogP contribution in [0.4, 0.5) is 0 Å². The molecule has 0 aromatic heterocycles. The molecule has 0 heterocycles. The smallest absolute Gasteiger partial charge is 0.120 e. The van der Waals surface area contributed by atoms with E-state index in [4.69, 9.17) is 16.3 Å². The number of likely N-dealkylation sites (N-methyl/N-ethyl adjacent to an activating group) is 1. The van der Waals surface area contributed by atoms with Gasteiger partial charge < -0.3 is 9.84 Å². The first kappa shape index (κ1) is 14.7. The molecule has 0 atom stereocenters. The molecule has 4 heteroatoms. The number of ether oxygens (including phenoxy) is 1. The number of hydrogen-bond acceptors (Lipinski definition) is 3. The minimum atomic E-state index is 0.331. The minimum Gasteiger partial charge on any atom is -0.508 e. The zero-order valence-electron chi connectivity index (χ0n) is 11.4. The van der Waals surface area contributed by atoms with Crippen LogP contribution in [0.3, 0.4) is 0 Å². The van der Waals surface area contributed by atoms with E-state index in [9.17, 15) is 5.11 Å². The summed E-state index contributed by atoms with van der Waals surface area (Å²) in [6.07, 6.45) is 0. The van der Waals surface area contributed by atoms with Gasteiger partial charge in [-0.15, -0.1) is 0 Å². The second-order valence-electron chi connectivity index (χ2n) is 4.67. The lowest BCUT2D eigenvalue weighted by Gasteiger charge is -2.17. The number of halogens is 1. The molecule has 0 bridgehead atoms. The van der Waals surface area contributed by atoms with Crippen LogP contribution >= 0.6 is 11.6 Å². The fraction of sp³-hybridized carbons (Fsp3) is 0.250. The molecule has 0 aliphatic rings. The molecule has 0 saturated carbocycles. The second-order valence-corrected chi connectivity index (χ2v) is 5.11. The van der Waals surface area contributed by atoms with Crippen molar-refractivity contribution in [2.45, 2.75) is 6.54 Å². The number of para-hydroxylation sites is 1. The number of nitrogens with zero attached hydrogens (tertiary/aromatic N) is 1. The molecule has 0 fully saturated rings. The van der Waals surface area contributed by atoms with Gasteiger partial charge in [0.1, 0.15) is 18.1 Å². The van der Waals surface area contributed by atoms with E-state index in [0.717, 1.165) is 17.9 Å². The maximum absolute atomic E-state index is 9.72. The van der Waals surface area contributed by atoms with E-state index in [2.05, 4.69) is 4.90 Å². The molecule has 0 aliphatic carbocycles. The summed E-state index contributed by atoms with van der Waals surface area (Å²) < 4.78 is 5.64. The van der Waals surface area contributed by atoms with Crippen molar-refractivity contribution >= 4 is 11.6 Å². The van der Waals surface area contributed by atoms with Crippen LogP contribution in [0, 0.1) is 0 Å². The van der Waals surface area contributed by atoms with E-state index >= 15 is 0 Å². The molecule has 106 valence electrons. The molecule has 0 radical (unpaired) electrons. The summed E-state index contributed by atoms with van der Waals surface area (Å²) in [7, 11) is 2.00. The van der Waals surface area contributed by atoms with Gasteiger partial charge in [-0.1, -0.05) is 29.8 Å². The van der Waals surface area contributed by atoms with Gasteiger partial charge in [0.15, 0.2) is 0 Å². The van der Waals surface area contributed by atoms with Gasteiger partial charge >= 0.3 is 0 Å². The van der Waals surface area contributed by atoms with Crippen molar-refractivity contribution < 1.29 is 9.84 Å². The number of aromatic hydroxyl groups is 1. The van der Waals surface area contributed by atoms with Crippen LogP contribution in [0.25, 0.3) is 0 Å². The van der Waals surface area contributed by atoms with E-state index in [0.29, 0.717) is 23.9 Å². The SMILES string of the molecule is CN(CCOc1ccc(Cl)cc1)Cc1ccccc1O. The zero-order chi connectivity index (χ0) is 14.4. The Morgan fingerprint density at radius 3 is 2.50 bits per heavy atom. The summed E-state index contributed by atoms with van der Waals surface area (Å²) in [4.78, 5) is 2.10. The second kappa shape index (κ2) is 7.17. The maximum atomic E-state index is 9.72. The standard InChI is InChI=1S/C16H18ClNO2/c1-18(12-13-4-2-3-5-16(13)19)10-11-20-15-8-6-14(17)7-9-15/h2-9,19H,10-12H2,1H3. The molecule has 0 amide bonds. The fourth-order valence-corrected chi connectivity index (χ4v) is 1.99. The monoisotopic (exact) mass is 291 g/mol. The molecule has 0 saturated heterocycles. The molecule has 20 heavy (non-hydrogen) atoms. The summed E-state index contributed by atoms with van der Waals surface area (Å²) in [5.41, 5.74) is 0.918. The Bertz CT molecular complexity index is 542. The third-order valence-electron chi connectivity index (χ3n) is 2.99. The topological polar surface area (TPSA) is 32.7 Å². The van der Waals surface area contributed by atoms with Gasteiger partial charge in [0.05, 0.1) is 0 Å². The van der Waals surface area contributed by atoms with Crippen molar-refractivity contribution in [1.29, 1.82) is 0 Å². The molecule has 2 aromatic rings. The van der Waals surface area contributed by atoms with Crippen molar-refractivity contribution in [3.05, 3.63) is 59.1 Å². The summed E-state index contributed by atoms with van der Waals surface area (Å²) in [6, 6.07) is 14.7. The molecule has 1 N–H and O–H groups in total. The van der Waals surface area contributed by atoms with Gasteiger partial charge in [-0.3, -0.25) is 4.90 Å². The normalized spacial score (nSPS) is 10.8. The Morgan fingerprint density at radius 1 is 1.10 bits per heavy atom. The highest BCUT2D eigenvalue weighted by Gasteiger charge is 2.04.